The second kappa shape index (κ2) is 6.34. The Morgan fingerprint density at radius 1 is 1.32 bits per heavy atom. The van der Waals surface area contributed by atoms with E-state index in [9.17, 15) is 4.79 Å². The molecule has 1 N–H and O–H groups in total. The maximum atomic E-state index is 12.5. The highest BCUT2D eigenvalue weighted by Gasteiger charge is 2.42. The third-order valence-electron chi connectivity index (χ3n) is 4.82. The van der Waals surface area contributed by atoms with Gasteiger partial charge in [-0.3, -0.25) is 4.79 Å². The number of anilines is 1. The predicted octanol–water partition coefficient (Wildman–Crippen LogP) is 1.04. The van der Waals surface area contributed by atoms with Gasteiger partial charge in [0, 0.05) is 50.4 Å². The maximum absolute atomic E-state index is 12.5. The van der Waals surface area contributed by atoms with Crippen LogP contribution in [0.25, 0.3) is 0 Å². The summed E-state index contributed by atoms with van der Waals surface area (Å²) in [6, 6.07) is 1.73. The van der Waals surface area contributed by atoms with Gasteiger partial charge >= 0.3 is 0 Å². The van der Waals surface area contributed by atoms with E-state index >= 15 is 0 Å². The second-order valence-electron chi connectivity index (χ2n) is 6.76. The maximum Gasteiger partial charge on any atom is 0.226 e. The minimum atomic E-state index is 0.0182. The van der Waals surface area contributed by atoms with E-state index in [2.05, 4.69) is 20.3 Å². The Bertz CT molecular complexity index is 772. The number of hydrogen-bond acceptors (Lipinski definition) is 6. The summed E-state index contributed by atoms with van der Waals surface area (Å²) in [5, 5.41) is 3.37. The fourth-order valence-corrected chi connectivity index (χ4v) is 3.33. The van der Waals surface area contributed by atoms with E-state index in [4.69, 9.17) is 4.74 Å². The number of imidazole rings is 1. The average molecular weight is 342 g/mol. The lowest BCUT2D eigenvalue weighted by Gasteiger charge is -2.18. The zero-order valence-corrected chi connectivity index (χ0v) is 14.4. The molecule has 0 aromatic carbocycles. The Labute approximate surface area is 146 Å². The third kappa shape index (κ3) is 3.29. The van der Waals surface area contributed by atoms with Crippen LogP contribution in [0.15, 0.2) is 24.8 Å². The van der Waals surface area contributed by atoms with Gasteiger partial charge in [0.05, 0.1) is 25.2 Å². The van der Waals surface area contributed by atoms with Crippen LogP contribution in [-0.4, -0.2) is 56.6 Å². The van der Waals surface area contributed by atoms with E-state index in [1.54, 1.807) is 25.7 Å². The van der Waals surface area contributed by atoms with E-state index in [1.165, 1.54) is 0 Å². The van der Waals surface area contributed by atoms with Gasteiger partial charge < -0.3 is 19.5 Å². The lowest BCUT2D eigenvalue weighted by molar-refractivity contribution is -0.131. The Kier molecular flexibility index (Phi) is 4.03. The Morgan fingerprint density at radius 3 is 2.84 bits per heavy atom. The summed E-state index contributed by atoms with van der Waals surface area (Å²) >= 11 is 0. The molecule has 2 aromatic rings. The van der Waals surface area contributed by atoms with Crippen molar-refractivity contribution in [3.8, 4) is 5.88 Å². The zero-order chi connectivity index (χ0) is 17.4. The van der Waals surface area contributed by atoms with Crippen LogP contribution in [-0.2, 0) is 11.8 Å². The summed E-state index contributed by atoms with van der Waals surface area (Å²) in [4.78, 5) is 27.6. The number of aryl methyl sites for hydroxylation is 1. The normalized spacial score (nSPS) is 22.9. The number of methoxy groups -OCH3 is 1. The molecule has 1 amide bonds. The topological polar surface area (TPSA) is 85.2 Å². The monoisotopic (exact) mass is 342 g/mol. The average Bonchev–Trinajstić information content (AvgIpc) is 3.26. The van der Waals surface area contributed by atoms with Crippen molar-refractivity contribution in [3.63, 3.8) is 0 Å². The number of rotatable bonds is 5. The number of hydrogen-bond donors (Lipinski definition) is 1. The lowest BCUT2D eigenvalue weighted by Crippen LogP contribution is -2.33. The van der Waals surface area contributed by atoms with Crippen LogP contribution in [0.1, 0.15) is 24.5 Å². The molecule has 2 aromatic heterocycles. The summed E-state index contributed by atoms with van der Waals surface area (Å²) < 4.78 is 7.09. The van der Waals surface area contributed by atoms with Crippen LogP contribution in [0.2, 0.25) is 0 Å². The molecular formula is C17H22N6O2. The summed E-state index contributed by atoms with van der Waals surface area (Å²) in [6.45, 7) is 1.31. The number of nitrogens with one attached hydrogen (secondary N) is 1. The van der Waals surface area contributed by atoms with Crippen LogP contribution >= 0.6 is 0 Å². The highest BCUT2D eigenvalue weighted by atomic mass is 16.5. The minimum Gasteiger partial charge on any atom is -0.481 e. The van der Waals surface area contributed by atoms with Crippen molar-refractivity contribution >= 4 is 11.9 Å². The van der Waals surface area contributed by atoms with Gasteiger partial charge in [0.25, 0.3) is 0 Å². The Hall–Kier alpha value is -2.64. The van der Waals surface area contributed by atoms with E-state index in [-0.39, 0.29) is 23.8 Å². The standard InChI is InChI=1S/C17H22N6O2/c1-22-8-13(19-10-22)12-7-23(16(24)11-3-4-11)9-14(12)20-17-18-6-5-15(21-17)25-2/h5-6,8,10-12,14H,3-4,7,9H2,1-2H3,(H,18,20,21)/t12-,14+/m0/s1. The smallest absolute Gasteiger partial charge is 0.226 e. The first-order valence-electron chi connectivity index (χ1n) is 8.54. The van der Waals surface area contributed by atoms with Crippen molar-refractivity contribution in [2.45, 2.75) is 24.8 Å². The van der Waals surface area contributed by atoms with Crippen molar-refractivity contribution in [2.24, 2.45) is 13.0 Å². The quantitative estimate of drug-likeness (QED) is 0.874. The number of carbonyl (C=O) groups is 1. The highest BCUT2D eigenvalue weighted by Crippen LogP contribution is 2.35. The van der Waals surface area contributed by atoms with E-state index in [1.807, 2.05) is 22.7 Å². The lowest BCUT2D eigenvalue weighted by atomic mass is 10.0. The van der Waals surface area contributed by atoms with E-state index < -0.39 is 0 Å². The molecule has 2 aliphatic rings. The first-order chi connectivity index (χ1) is 12.1. The number of nitrogens with zero attached hydrogens (tertiary/aromatic N) is 5. The van der Waals surface area contributed by atoms with Gasteiger partial charge in [-0.2, -0.15) is 4.98 Å². The molecule has 2 fully saturated rings. The highest BCUT2D eigenvalue weighted by molar-refractivity contribution is 5.81. The fourth-order valence-electron chi connectivity index (χ4n) is 3.33. The first-order valence-corrected chi connectivity index (χ1v) is 8.54. The van der Waals surface area contributed by atoms with Gasteiger partial charge in [0.2, 0.25) is 17.7 Å². The van der Waals surface area contributed by atoms with E-state index in [0.29, 0.717) is 24.9 Å². The largest absolute Gasteiger partial charge is 0.481 e. The molecule has 132 valence electrons. The molecule has 3 heterocycles. The molecule has 1 saturated heterocycles. The van der Waals surface area contributed by atoms with Gasteiger partial charge in [0.15, 0.2) is 0 Å². The number of ether oxygens (including phenoxy) is 1. The van der Waals surface area contributed by atoms with Gasteiger partial charge in [-0.15, -0.1) is 0 Å². The van der Waals surface area contributed by atoms with Gasteiger partial charge in [-0.05, 0) is 12.8 Å². The number of carbonyl (C=O) groups excluding carboxylic acids is 1. The summed E-state index contributed by atoms with van der Waals surface area (Å²) in [7, 11) is 3.53. The summed E-state index contributed by atoms with van der Waals surface area (Å²) in [5.74, 6) is 1.61. The molecule has 4 rings (SSSR count). The summed E-state index contributed by atoms with van der Waals surface area (Å²) in [5.41, 5.74) is 0.981. The molecule has 8 nitrogen and oxygen atoms in total. The SMILES string of the molecule is COc1ccnc(N[C@@H]2CN(C(=O)C3CC3)C[C@H]2c2cn(C)cn2)n1. The summed E-state index contributed by atoms with van der Waals surface area (Å²) in [6.07, 6.45) is 7.49. The molecule has 2 atom stereocenters. The number of aromatic nitrogens is 4. The predicted molar refractivity (Wildman–Crippen MR) is 91.2 cm³/mol. The van der Waals surface area contributed by atoms with Crippen molar-refractivity contribution in [1.29, 1.82) is 0 Å². The molecule has 1 saturated carbocycles. The van der Waals surface area contributed by atoms with Crippen LogP contribution < -0.4 is 10.1 Å². The number of likely N-dealkylation sites (tertiary alicyclic amines) is 1. The molecule has 1 aliphatic carbocycles. The molecule has 25 heavy (non-hydrogen) atoms. The van der Waals surface area contributed by atoms with Crippen LogP contribution in [0.3, 0.4) is 0 Å². The van der Waals surface area contributed by atoms with Crippen LogP contribution in [0.5, 0.6) is 5.88 Å². The number of amides is 1. The Balaban J connectivity index is 1.56. The van der Waals surface area contributed by atoms with Crippen LogP contribution in [0.4, 0.5) is 5.95 Å². The zero-order valence-electron chi connectivity index (χ0n) is 14.4. The Morgan fingerprint density at radius 2 is 2.16 bits per heavy atom. The molecule has 1 aliphatic heterocycles. The van der Waals surface area contributed by atoms with Crippen molar-refractivity contribution in [1.82, 2.24) is 24.4 Å². The molecule has 0 unspecified atom stereocenters. The first kappa shape index (κ1) is 15.9. The van der Waals surface area contributed by atoms with Crippen molar-refractivity contribution in [3.05, 3.63) is 30.5 Å². The van der Waals surface area contributed by atoms with Crippen LogP contribution in [0, 0.1) is 5.92 Å². The van der Waals surface area contributed by atoms with E-state index in [0.717, 1.165) is 18.5 Å². The fraction of sp³-hybridized carbons (Fsp3) is 0.529. The van der Waals surface area contributed by atoms with Gasteiger partial charge in [0.1, 0.15) is 0 Å². The third-order valence-corrected chi connectivity index (χ3v) is 4.82. The molecule has 8 heteroatoms. The molecule has 0 bridgehead atoms. The minimum absolute atomic E-state index is 0.0182. The second-order valence-corrected chi connectivity index (χ2v) is 6.76. The van der Waals surface area contributed by atoms with Crippen molar-refractivity contribution in [2.75, 3.05) is 25.5 Å². The molecule has 0 spiro atoms. The van der Waals surface area contributed by atoms with Gasteiger partial charge in [-0.1, -0.05) is 0 Å². The molecular weight excluding hydrogens is 320 g/mol. The van der Waals surface area contributed by atoms with Gasteiger partial charge in [-0.25, -0.2) is 9.97 Å². The van der Waals surface area contributed by atoms with Crippen molar-refractivity contribution < 1.29 is 9.53 Å². The molecule has 0 radical (unpaired) electrons.